The number of benzene rings is 3. The average molecular weight is 471 g/mol. The number of nitro groups is 1. The summed E-state index contributed by atoms with van der Waals surface area (Å²) in [6.07, 6.45) is -0.0672. The van der Waals surface area contributed by atoms with Gasteiger partial charge < -0.3 is 14.8 Å². The predicted octanol–water partition coefficient (Wildman–Crippen LogP) is 3.59. The van der Waals surface area contributed by atoms with Crippen LogP contribution in [0.25, 0.3) is 0 Å². The van der Waals surface area contributed by atoms with Gasteiger partial charge in [-0.25, -0.2) is 8.42 Å². The normalized spacial score (nSPS) is 10.8. The molecule has 3 aromatic rings. The van der Waals surface area contributed by atoms with E-state index in [0.29, 0.717) is 17.0 Å². The first-order chi connectivity index (χ1) is 15.7. The second-order valence-electron chi connectivity index (χ2n) is 6.84. The summed E-state index contributed by atoms with van der Waals surface area (Å²) in [4.78, 5) is 22.7. The molecule has 0 bridgehead atoms. The van der Waals surface area contributed by atoms with Crippen molar-refractivity contribution in [2.45, 2.75) is 11.3 Å². The highest BCUT2D eigenvalue weighted by Gasteiger charge is 2.18. The standard InChI is InChI=1S/C22H21N3O7S/c1-31-18-9-5-16(6-10-18)24-33(29,30)19-11-12-21(32-2)20(14-19)23-22(26)13-15-3-7-17(8-4-15)25(27)28/h3-12,14,24H,13H2,1-2H3,(H,23,26). The van der Waals surface area contributed by atoms with Crippen LogP contribution in [0.5, 0.6) is 11.5 Å². The number of hydrogen-bond donors (Lipinski definition) is 2. The number of ether oxygens (including phenoxy) is 2. The fourth-order valence-electron chi connectivity index (χ4n) is 2.94. The summed E-state index contributed by atoms with van der Waals surface area (Å²) in [7, 11) is -1.05. The maximum Gasteiger partial charge on any atom is 0.269 e. The summed E-state index contributed by atoms with van der Waals surface area (Å²) in [5.41, 5.74) is 0.988. The Hall–Kier alpha value is -4.12. The topological polar surface area (TPSA) is 137 Å². The van der Waals surface area contributed by atoms with Gasteiger partial charge in [-0.2, -0.15) is 0 Å². The molecule has 0 aromatic heterocycles. The van der Waals surface area contributed by atoms with Crippen LogP contribution in [0.4, 0.5) is 17.1 Å². The van der Waals surface area contributed by atoms with Gasteiger partial charge in [0.1, 0.15) is 11.5 Å². The van der Waals surface area contributed by atoms with Gasteiger partial charge in [0.25, 0.3) is 15.7 Å². The van der Waals surface area contributed by atoms with E-state index >= 15 is 0 Å². The van der Waals surface area contributed by atoms with Crippen molar-refractivity contribution in [3.8, 4) is 11.5 Å². The van der Waals surface area contributed by atoms with E-state index in [0.717, 1.165) is 0 Å². The van der Waals surface area contributed by atoms with Gasteiger partial charge in [-0.1, -0.05) is 12.1 Å². The molecule has 1 amide bonds. The second kappa shape index (κ2) is 10.0. The Morgan fingerprint density at radius 1 is 0.970 bits per heavy atom. The van der Waals surface area contributed by atoms with Gasteiger partial charge in [0.05, 0.1) is 36.1 Å². The lowest BCUT2D eigenvalue weighted by Gasteiger charge is -2.14. The van der Waals surface area contributed by atoms with E-state index in [1.807, 2.05) is 0 Å². The van der Waals surface area contributed by atoms with E-state index < -0.39 is 20.9 Å². The summed E-state index contributed by atoms with van der Waals surface area (Å²) in [5.74, 6) is 0.413. The number of sulfonamides is 1. The molecule has 3 rings (SSSR count). The molecule has 3 aromatic carbocycles. The number of nitrogens with zero attached hydrogens (tertiary/aromatic N) is 1. The Balaban J connectivity index is 1.77. The fourth-order valence-corrected chi connectivity index (χ4v) is 4.02. The first-order valence-electron chi connectivity index (χ1n) is 9.60. The van der Waals surface area contributed by atoms with E-state index in [1.54, 1.807) is 24.3 Å². The van der Waals surface area contributed by atoms with Gasteiger partial charge in [-0.05, 0) is 48.0 Å². The molecule has 2 N–H and O–H groups in total. The van der Waals surface area contributed by atoms with Crippen LogP contribution in [0, 0.1) is 10.1 Å². The number of carbonyl (C=O) groups is 1. The Bertz CT molecular complexity index is 1260. The molecule has 0 saturated heterocycles. The van der Waals surface area contributed by atoms with Gasteiger partial charge in [0.15, 0.2) is 0 Å². The maximum atomic E-state index is 12.8. The highest BCUT2D eigenvalue weighted by molar-refractivity contribution is 7.92. The van der Waals surface area contributed by atoms with Crippen LogP contribution >= 0.6 is 0 Å². The summed E-state index contributed by atoms with van der Waals surface area (Å²) in [6.45, 7) is 0. The minimum Gasteiger partial charge on any atom is -0.497 e. The maximum absolute atomic E-state index is 12.8. The third kappa shape index (κ3) is 5.98. The number of nitrogens with one attached hydrogen (secondary N) is 2. The first-order valence-corrected chi connectivity index (χ1v) is 11.1. The summed E-state index contributed by atoms with van der Waals surface area (Å²) in [6, 6.07) is 16.0. The highest BCUT2D eigenvalue weighted by Crippen LogP contribution is 2.29. The molecule has 0 aliphatic carbocycles. The van der Waals surface area contributed by atoms with E-state index in [9.17, 15) is 23.3 Å². The zero-order valence-corrected chi connectivity index (χ0v) is 18.6. The zero-order valence-electron chi connectivity index (χ0n) is 17.8. The van der Waals surface area contributed by atoms with Crippen molar-refractivity contribution in [2.24, 2.45) is 0 Å². The number of methoxy groups -OCH3 is 2. The number of rotatable bonds is 9. The van der Waals surface area contributed by atoms with Crippen LogP contribution in [-0.2, 0) is 21.2 Å². The van der Waals surface area contributed by atoms with Crippen molar-refractivity contribution in [2.75, 3.05) is 24.3 Å². The van der Waals surface area contributed by atoms with Gasteiger partial charge >= 0.3 is 0 Å². The van der Waals surface area contributed by atoms with Crippen molar-refractivity contribution in [3.05, 3.63) is 82.4 Å². The lowest BCUT2D eigenvalue weighted by molar-refractivity contribution is -0.384. The first kappa shape index (κ1) is 23.5. The molecule has 0 aliphatic heterocycles. The molecule has 33 heavy (non-hydrogen) atoms. The lowest BCUT2D eigenvalue weighted by Crippen LogP contribution is -2.17. The molecular formula is C22H21N3O7S. The Morgan fingerprint density at radius 2 is 1.64 bits per heavy atom. The van der Waals surface area contributed by atoms with Crippen molar-refractivity contribution in [1.29, 1.82) is 0 Å². The molecule has 0 spiro atoms. The molecule has 0 unspecified atom stereocenters. The van der Waals surface area contributed by atoms with E-state index in [4.69, 9.17) is 9.47 Å². The third-order valence-corrected chi connectivity index (χ3v) is 5.99. The number of anilines is 2. The lowest BCUT2D eigenvalue weighted by atomic mass is 10.1. The van der Waals surface area contributed by atoms with Gasteiger partial charge in [0.2, 0.25) is 5.91 Å². The Morgan fingerprint density at radius 3 is 2.21 bits per heavy atom. The fraction of sp³-hybridized carbons (Fsp3) is 0.136. The average Bonchev–Trinajstić information content (AvgIpc) is 2.79. The second-order valence-corrected chi connectivity index (χ2v) is 8.53. The van der Waals surface area contributed by atoms with E-state index in [-0.39, 0.29) is 28.4 Å². The minimum absolute atomic E-state index is 0.0672. The van der Waals surface area contributed by atoms with E-state index in [2.05, 4.69) is 10.0 Å². The molecule has 11 heteroatoms. The number of non-ortho nitro benzene ring substituents is 1. The van der Waals surface area contributed by atoms with Crippen LogP contribution in [-0.4, -0.2) is 33.5 Å². The monoisotopic (exact) mass is 471 g/mol. The molecular weight excluding hydrogens is 450 g/mol. The summed E-state index contributed by atoms with van der Waals surface area (Å²) in [5, 5.41) is 13.4. The minimum atomic E-state index is -3.95. The van der Waals surface area contributed by atoms with Crippen molar-refractivity contribution < 1.29 is 27.6 Å². The predicted molar refractivity (Wildman–Crippen MR) is 122 cm³/mol. The number of hydrogen-bond acceptors (Lipinski definition) is 7. The van der Waals surface area contributed by atoms with Gasteiger partial charge in [-0.3, -0.25) is 19.6 Å². The molecule has 0 aliphatic rings. The van der Waals surface area contributed by atoms with E-state index in [1.165, 1.54) is 56.7 Å². The molecule has 0 saturated carbocycles. The number of nitro benzene ring substituents is 1. The van der Waals surface area contributed by atoms with Gasteiger partial charge in [0, 0.05) is 17.8 Å². The third-order valence-electron chi connectivity index (χ3n) is 4.61. The van der Waals surface area contributed by atoms with Crippen LogP contribution < -0.4 is 19.5 Å². The number of carbonyl (C=O) groups excluding carboxylic acids is 1. The quantitative estimate of drug-likeness (QED) is 0.359. The molecule has 0 radical (unpaired) electrons. The Kier molecular flexibility index (Phi) is 7.13. The molecule has 172 valence electrons. The highest BCUT2D eigenvalue weighted by atomic mass is 32.2. The van der Waals surface area contributed by atoms with Crippen LogP contribution in [0.2, 0.25) is 0 Å². The summed E-state index contributed by atoms with van der Waals surface area (Å²) >= 11 is 0. The number of amides is 1. The van der Waals surface area contributed by atoms with Crippen molar-refractivity contribution in [3.63, 3.8) is 0 Å². The zero-order chi connectivity index (χ0) is 24.0. The van der Waals surface area contributed by atoms with Crippen LogP contribution in [0.1, 0.15) is 5.56 Å². The SMILES string of the molecule is COc1ccc(NS(=O)(=O)c2ccc(OC)c(NC(=O)Cc3ccc([N+](=O)[O-])cc3)c2)cc1. The van der Waals surface area contributed by atoms with Crippen molar-refractivity contribution in [1.82, 2.24) is 0 Å². The smallest absolute Gasteiger partial charge is 0.269 e. The molecule has 0 atom stereocenters. The molecule has 10 nitrogen and oxygen atoms in total. The van der Waals surface area contributed by atoms with Crippen LogP contribution in [0.3, 0.4) is 0 Å². The van der Waals surface area contributed by atoms with Crippen molar-refractivity contribution >= 4 is 33.0 Å². The Labute approximate surface area is 190 Å². The van der Waals surface area contributed by atoms with Gasteiger partial charge in [-0.15, -0.1) is 0 Å². The van der Waals surface area contributed by atoms with Crippen LogP contribution in [0.15, 0.2) is 71.6 Å². The largest absolute Gasteiger partial charge is 0.497 e. The summed E-state index contributed by atoms with van der Waals surface area (Å²) < 4.78 is 38.4. The molecule has 0 fully saturated rings. The molecule has 0 heterocycles.